The number of benzene rings is 1. The van der Waals surface area contributed by atoms with E-state index in [-0.39, 0.29) is 5.75 Å². The number of aryl methyl sites for hydroxylation is 1. The van der Waals surface area contributed by atoms with Crippen LogP contribution in [-0.4, -0.2) is 8.76 Å². The zero-order valence-corrected chi connectivity index (χ0v) is 11.6. The summed E-state index contributed by atoms with van der Waals surface area (Å²) in [6.45, 7) is 2.17. The Kier molecular flexibility index (Phi) is 6.78. The van der Waals surface area contributed by atoms with Crippen LogP contribution in [0.2, 0.25) is 5.02 Å². The Morgan fingerprint density at radius 3 is 2.71 bits per heavy atom. The van der Waals surface area contributed by atoms with Gasteiger partial charge < -0.3 is 4.55 Å². The van der Waals surface area contributed by atoms with Crippen molar-refractivity contribution in [2.24, 2.45) is 0 Å². The van der Waals surface area contributed by atoms with Crippen molar-refractivity contribution in [3.63, 3.8) is 0 Å². The molecular weight excluding hydrogens is 256 g/mol. The third-order valence-corrected chi connectivity index (χ3v) is 3.66. The van der Waals surface area contributed by atoms with Gasteiger partial charge in [0.2, 0.25) is 0 Å². The minimum atomic E-state index is -2.08. The fraction of sp³-hybridized carbons (Fsp3) is 0.538. The minimum Gasteiger partial charge on any atom is -0.772 e. The summed E-state index contributed by atoms with van der Waals surface area (Å²) in [5, 5.41) is 0.558. The average molecular weight is 274 g/mol. The Morgan fingerprint density at radius 2 is 2.06 bits per heavy atom. The van der Waals surface area contributed by atoms with Crippen LogP contribution in [0.25, 0.3) is 0 Å². The highest BCUT2D eigenvalue weighted by Gasteiger charge is 2.06. The van der Waals surface area contributed by atoms with Gasteiger partial charge in [-0.15, -0.1) is 0 Å². The highest BCUT2D eigenvalue weighted by Crippen LogP contribution is 2.23. The van der Waals surface area contributed by atoms with Crippen LogP contribution >= 0.6 is 11.6 Å². The smallest absolute Gasteiger partial charge is 0.0449 e. The van der Waals surface area contributed by atoms with Gasteiger partial charge in [-0.25, -0.2) is 0 Å². The maximum Gasteiger partial charge on any atom is 0.0449 e. The summed E-state index contributed by atoms with van der Waals surface area (Å²) in [5.74, 6) is 0.0167. The number of hydrogen-bond donors (Lipinski definition) is 0. The molecule has 0 fully saturated rings. The average Bonchev–Trinajstić information content (AvgIpc) is 2.28. The molecule has 0 aliphatic carbocycles. The molecule has 1 rings (SSSR count). The van der Waals surface area contributed by atoms with Crippen LogP contribution < -0.4 is 0 Å². The van der Waals surface area contributed by atoms with Crippen molar-refractivity contribution in [3.05, 3.63) is 34.3 Å². The highest BCUT2D eigenvalue weighted by atomic mass is 35.5. The maximum atomic E-state index is 10.8. The molecule has 0 heterocycles. The standard InChI is InChI=1S/C13H19ClO2S/c1-2-3-4-5-7-11-8-6-9-13(14)12(11)10-17(15)16/h6,8-9H,2-5,7,10H2,1H3,(H,15,16)/p-1. The van der Waals surface area contributed by atoms with E-state index in [9.17, 15) is 8.76 Å². The lowest BCUT2D eigenvalue weighted by Crippen LogP contribution is -2.00. The zero-order chi connectivity index (χ0) is 12.7. The van der Waals surface area contributed by atoms with Gasteiger partial charge in [-0.3, -0.25) is 4.21 Å². The van der Waals surface area contributed by atoms with Gasteiger partial charge in [0.25, 0.3) is 0 Å². The minimum absolute atomic E-state index is 0.0167. The monoisotopic (exact) mass is 273 g/mol. The lowest BCUT2D eigenvalue weighted by atomic mass is 10.0. The number of rotatable bonds is 7. The van der Waals surface area contributed by atoms with Crippen LogP contribution in [0.3, 0.4) is 0 Å². The van der Waals surface area contributed by atoms with Gasteiger partial charge in [0.15, 0.2) is 0 Å². The molecule has 2 nitrogen and oxygen atoms in total. The molecule has 0 N–H and O–H groups in total. The maximum absolute atomic E-state index is 10.8. The Bertz CT molecular complexity index is 380. The van der Waals surface area contributed by atoms with E-state index >= 15 is 0 Å². The molecule has 0 aromatic heterocycles. The molecule has 1 aromatic rings. The second kappa shape index (κ2) is 7.85. The molecule has 0 aliphatic rings. The number of unbranched alkanes of at least 4 members (excludes halogenated alkanes) is 3. The molecule has 0 saturated heterocycles. The van der Waals surface area contributed by atoms with Crippen molar-refractivity contribution in [3.8, 4) is 0 Å². The van der Waals surface area contributed by atoms with E-state index in [0.717, 1.165) is 24.0 Å². The SMILES string of the molecule is CCCCCCc1cccc(Cl)c1CS(=O)[O-]. The second-order valence-corrected chi connectivity index (χ2v) is 5.44. The zero-order valence-electron chi connectivity index (χ0n) is 10.1. The molecule has 17 heavy (non-hydrogen) atoms. The lowest BCUT2D eigenvalue weighted by Gasteiger charge is -2.13. The molecule has 4 heteroatoms. The van der Waals surface area contributed by atoms with E-state index in [0.29, 0.717) is 5.02 Å². The van der Waals surface area contributed by atoms with Crippen LogP contribution in [0.5, 0.6) is 0 Å². The molecule has 0 spiro atoms. The van der Waals surface area contributed by atoms with Gasteiger partial charge in [-0.1, -0.05) is 61.0 Å². The van der Waals surface area contributed by atoms with Gasteiger partial charge in [-0.05, 0) is 30.0 Å². The summed E-state index contributed by atoms with van der Waals surface area (Å²) in [6, 6.07) is 5.61. The van der Waals surface area contributed by atoms with Crippen LogP contribution in [0, 0.1) is 0 Å². The summed E-state index contributed by atoms with van der Waals surface area (Å²) < 4.78 is 21.6. The normalized spacial score (nSPS) is 12.6. The van der Waals surface area contributed by atoms with Crippen LogP contribution in [0.15, 0.2) is 18.2 Å². The second-order valence-electron chi connectivity index (χ2n) is 4.14. The van der Waals surface area contributed by atoms with E-state index in [1.54, 1.807) is 6.07 Å². The van der Waals surface area contributed by atoms with Crippen molar-refractivity contribution >= 4 is 22.7 Å². The third kappa shape index (κ3) is 5.19. The van der Waals surface area contributed by atoms with Gasteiger partial charge >= 0.3 is 0 Å². The number of halogens is 1. The van der Waals surface area contributed by atoms with E-state index < -0.39 is 11.1 Å². The Balaban J connectivity index is 2.69. The summed E-state index contributed by atoms with van der Waals surface area (Å²) in [4.78, 5) is 0. The van der Waals surface area contributed by atoms with Gasteiger partial charge in [0.1, 0.15) is 0 Å². The van der Waals surface area contributed by atoms with Crippen LogP contribution in [-0.2, 0) is 23.3 Å². The number of hydrogen-bond acceptors (Lipinski definition) is 2. The Labute approximate surface area is 111 Å². The summed E-state index contributed by atoms with van der Waals surface area (Å²) >= 11 is 3.96. The van der Waals surface area contributed by atoms with E-state index in [1.807, 2.05) is 12.1 Å². The molecule has 0 radical (unpaired) electrons. The van der Waals surface area contributed by atoms with Crippen LogP contribution in [0.1, 0.15) is 43.7 Å². The molecular formula is C13H18ClO2S-. The van der Waals surface area contributed by atoms with E-state index in [1.165, 1.54) is 19.3 Å². The molecule has 1 atom stereocenters. The van der Waals surface area contributed by atoms with E-state index in [2.05, 4.69) is 6.92 Å². The van der Waals surface area contributed by atoms with Crippen molar-refractivity contribution in [1.82, 2.24) is 0 Å². The van der Waals surface area contributed by atoms with Gasteiger partial charge in [0, 0.05) is 10.8 Å². The van der Waals surface area contributed by atoms with Crippen molar-refractivity contribution in [1.29, 1.82) is 0 Å². The quantitative estimate of drug-likeness (QED) is 0.559. The fourth-order valence-corrected chi connectivity index (χ4v) is 2.78. The van der Waals surface area contributed by atoms with Crippen molar-refractivity contribution in [2.45, 2.75) is 44.8 Å². The Hall–Kier alpha value is -0.380. The van der Waals surface area contributed by atoms with Crippen LogP contribution in [0.4, 0.5) is 0 Å². The lowest BCUT2D eigenvalue weighted by molar-refractivity contribution is 0.536. The molecule has 0 amide bonds. The molecule has 0 bridgehead atoms. The molecule has 96 valence electrons. The molecule has 0 aliphatic heterocycles. The predicted molar refractivity (Wildman–Crippen MR) is 71.9 cm³/mol. The molecule has 1 unspecified atom stereocenters. The van der Waals surface area contributed by atoms with E-state index in [4.69, 9.17) is 11.6 Å². The third-order valence-electron chi connectivity index (χ3n) is 2.78. The predicted octanol–water partition coefficient (Wildman–Crippen LogP) is 3.84. The molecule has 0 saturated carbocycles. The summed E-state index contributed by atoms with van der Waals surface area (Å²) in [5.41, 5.74) is 1.83. The van der Waals surface area contributed by atoms with Crippen molar-refractivity contribution in [2.75, 3.05) is 0 Å². The summed E-state index contributed by atoms with van der Waals surface area (Å²) in [6.07, 6.45) is 5.61. The largest absolute Gasteiger partial charge is 0.772 e. The Morgan fingerprint density at radius 1 is 1.29 bits per heavy atom. The highest BCUT2D eigenvalue weighted by molar-refractivity contribution is 7.78. The van der Waals surface area contributed by atoms with Gasteiger partial charge in [-0.2, -0.15) is 0 Å². The topological polar surface area (TPSA) is 40.1 Å². The first-order chi connectivity index (χ1) is 8.15. The van der Waals surface area contributed by atoms with Crippen molar-refractivity contribution < 1.29 is 8.76 Å². The molecule has 1 aromatic carbocycles. The fourth-order valence-electron chi connectivity index (χ4n) is 1.86. The van der Waals surface area contributed by atoms with Gasteiger partial charge in [0.05, 0.1) is 0 Å². The first kappa shape index (κ1) is 14.7. The first-order valence-electron chi connectivity index (χ1n) is 5.97. The summed E-state index contributed by atoms with van der Waals surface area (Å²) in [7, 11) is 0. The first-order valence-corrected chi connectivity index (χ1v) is 7.59.